The number of thioether (sulfide) groups is 1. The van der Waals surface area contributed by atoms with Gasteiger partial charge in [0.25, 0.3) is 0 Å². The van der Waals surface area contributed by atoms with Crippen LogP contribution >= 0.6 is 24.0 Å². The van der Waals surface area contributed by atoms with Crippen LogP contribution < -0.4 is 0 Å². The zero-order chi connectivity index (χ0) is 22.4. The van der Waals surface area contributed by atoms with Gasteiger partial charge >= 0.3 is 0 Å². The topological polar surface area (TPSA) is 54.2 Å². The molecule has 0 saturated heterocycles. The van der Waals surface area contributed by atoms with E-state index >= 15 is 0 Å². The van der Waals surface area contributed by atoms with E-state index in [1.807, 2.05) is 6.92 Å². The highest BCUT2D eigenvalue weighted by molar-refractivity contribution is 8.22. The third kappa shape index (κ3) is 5.84. The van der Waals surface area contributed by atoms with E-state index in [-0.39, 0.29) is 24.5 Å². The van der Waals surface area contributed by atoms with E-state index in [4.69, 9.17) is 12.2 Å². The summed E-state index contributed by atoms with van der Waals surface area (Å²) in [5.74, 6) is -1.62. The molecule has 0 spiro atoms. The minimum atomic E-state index is -1.77. The molecule has 0 aliphatic heterocycles. The molecule has 1 unspecified atom stereocenters. The van der Waals surface area contributed by atoms with Crippen LogP contribution in [-0.2, 0) is 17.9 Å². The van der Waals surface area contributed by atoms with Crippen molar-refractivity contribution in [3.63, 3.8) is 0 Å². The first-order chi connectivity index (χ1) is 14.8. The second-order valence-corrected chi connectivity index (χ2v) is 8.52. The molecule has 0 aliphatic carbocycles. The van der Waals surface area contributed by atoms with E-state index in [0.717, 1.165) is 12.1 Å². The molecule has 0 fully saturated rings. The van der Waals surface area contributed by atoms with E-state index in [9.17, 15) is 18.3 Å². The fourth-order valence-corrected chi connectivity index (χ4v) is 4.40. The lowest BCUT2D eigenvalue weighted by Gasteiger charge is -2.35. The normalized spacial score (nSPS) is 13.1. The zero-order valence-electron chi connectivity index (χ0n) is 16.7. The van der Waals surface area contributed by atoms with Gasteiger partial charge in [0.1, 0.15) is 40.0 Å². The van der Waals surface area contributed by atoms with Crippen LogP contribution in [0.3, 0.4) is 0 Å². The maximum Gasteiger partial charge on any atom is 0.137 e. The van der Waals surface area contributed by atoms with Gasteiger partial charge in [0.15, 0.2) is 0 Å². The molecule has 0 aliphatic rings. The zero-order valence-corrected chi connectivity index (χ0v) is 18.3. The van der Waals surface area contributed by atoms with Crippen molar-refractivity contribution in [2.45, 2.75) is 24.8 Å². The Morgan fingerprint density at radius 2 is 1.97 bits per heavy atom. The molecule has 3 rings (SSSR count). The lowest BCUT2D eigenvalue weighted by molar-refractivity contribution is -0.00542. The number of hydrogen-bond acceptors (Lipinski definition) is 5. The highest BCUT2D eigenvalue weighted by Crippen LogP contribution is 2.29. The van der Waals surface area contributed by atoms with E-state index in [1.165, 1.54) is 41.2 Å². The summed E-state index contributed by atoms with van der Waals surface area (Å²) in [4.78, 5) is 5.55. The van der Waals surface area contributed by atoms with Gasteiger partial charge in [-0.25, -0.2) is 22.8 Å². The van der Waals surface area contributed by atoms with Gasteiger partial charge in [0.2, 0.25) is 0 Å². The van der Waals surface area contributed by atoms with Crippen LogP contribution in [0.5, 0.6) is 0 Å². The number of likely N-dealkylation sites (N-methyl/N-ethyl adjacent to an activating group) is 1. The number of aromatic nitrogens is 3. The molecule has 10 heteroatoms. The number of thiocarbonyl (C=S) groups is 1. The summed E-state index contributed by atoms with van der Waals surface area (Å²) in [6.45, 7) is 2.07. The monoisotopic (exact) mass is 466 g/mol. The summed E-state index contributed by atoms with van der Waals surface area (Å²) in [6, 6.07) is 9.44. The molecular formula is C21H21F3N4OS2. The molecule has 3 aromatic rings. The van der Waals surface area contributed by atoms with E-state index in [2.05, 4.69) is 10.1 Å². The van der Waals surface area contributed by atoms with E-state index in [1.54, 1.807) is 23.1 Å². The Labute approximate surface area is 187 Å². The lowest BCUT2D eigenvalue weighted by Crippen LogP contribution is -2.46. The van der Waals surface area contributed by atoms with Gasteiger partial charge in [-0.05, 0) is 24.6 Å². The van der Waals surface area contributed by atoms with Crippen LogP contribution in [0.15, 0.2) is 55.1 Å². The molecule has 1 heterocycles. The Bertz CT molecular complexity index is 1040. The van der Waals surface area contributed by atoms with Crippen LogP contribution in [0, 0.1) is 17.5 Å². The number of halogens is 3. The summed E-state index contributed by atoms with van der Waals surface area (Å²) in [7, 11) is 0. The van der Waals surface area contributed by atoms with Crippen LogP contribution in [-0.4, -0.2) is 42.2 Å². The van der Waals surface area contributed by atoms with Gasteiger partial charge in [-0.1, -0.05) is 48.2 Å². The summed E-state index contributed by atoms with van der Waals surface area (Å²) in [5.41, 5.74) is -1.34. The second-order valence-electron chi connectivity index (χ2n) is 6.91. The first-order valence-electron chi connectivity index (χ1n) is 9.48. The number of benzene rings is 2. The number of aliphatic hydroxyl groups is 1. The van der Waals surface area contributed by atoms with Gasteiger partial charge in [-0.2, -0.15) is 5.10 Å². The quantitative estimate of drug-likeness (QED) is 0.504. The van der Waals surface area contributed by atoms with E-state index < -0.39 is 17.2 Å². The molecule has 0 radical (unpaired) electrons. The lowest BCUT2D eigenvalue weighted by atomic mass is 9.92. The molecular weight excluding hydrogens is 445 g/mol. The molecule has 2 aromatic carbocycles. The molecule has 5 nitrogen and oxygen atoms in total. The summed E-state index contributed by atoms with van der Waals surface area (Å²) < 4.78 is 43.7. The fraction of sp³-hybridized carbons (Fsp3) is 0.286. The van der Waals surface area contributed by atoms with Gasteiger partial charge in [0.05, 0.1) is 13.1 Å². The number of hydrogen-bond donors (Lipinski definition) is 1. The smallest absolute Gasteiger partial charge is 0.137 e. The van der Waals surface area contributed by atoms with Crippen LogP contribution in [0.4, 0.5) is 13.2 Å². The molecule has 0 bridgehead atoms. The third-order valence-corrected chi connectivity index (χ3v) is 6.30. The van der Waals surface area contributed by atoms with Crippen molar-refractivity contribution in [3.05, 3.63) is 83.7 Å². The largest absolute Gasteiger partial charge is 0.381 e. The average molecular weight is 467 g/mol. The van der Waals surface area contributed by atoms with Crippen molar-refractivity contribution in [2.75, 3.05) is 13.1 Å². The summed E-state index contributed by atoms with van der Waals surface area (Å²) >= 11 is 6.75. The molecule has 0 saturated carbocycles. The van der Waals surface area contributed by atoms with Gasteiger partial charge < -0.3 is 10.0 Å². The van der Waals surface area contributed by atoms with Crippen LogP contribution in [0.25, 0.3) is 0 Å². The van der Waals surface area contributed by atoms with Gasteiger partial charge in [-0.15, -0.1) is 0 Å². The Morgan fingerprint density at radius 1 is 1.19 bits per heavy atom. The van der Waals surface area contributed by atoms with E-state index in [0.29, 0.717) is 22.2 Å². The third-order valence-electron chi connectivity index (χ3n) is 4.72. The Hall–Kier alpha value is -2.43. The van der Waals surface area contributed by atoms with Crippen molar-refractivity contribution in [3.8, 4) is 0 Å². The van der Waals surface area contributed by atoms with Crippen molar-refractivity contribution in [1.82, 2.24) is 19.7 Å². The SMILES string of the molecule is CCN(CC(O)(Cn1cncn1)c1ccc(F)cc1F)C(=S)SCc1ccccc1F. The molecule has 0 amide bonds. The van der Waals surface area contributed by atoms with Crippen molar-refractivity contribution < 1.29 is 18.3 Å². The molecule has 1 aromatic heterocycles. The highest BCUT2D eigenvalue weighted by Gasteiger charge is 2.36. The van der Waals surface area contributed by atoms with Crippen LogP contribution in [0.1, 0.15) is 18.1 Å². The minimum absolute atomic E-state index is 0.0744. The standard InChI is InChI=1S/C21H21F3N4OS2/c1-2-27(20(30)31-10-15-5-3-4-6-18(15)23)11-21(29,12-28-14-25-13-26-28)17-8-7-16(22)9-19(17)24/h3-9,13-14,29H,2,10-12H2,1H3. The fourth-order valence-electron chi connectivity index (χ4n) is 3.14. The summed E-state index contributed by atoms with van der Waals surface area (Å²) in [6.07, 6.45) is 2.70. The first-order valence-corrected chi connectivity index (χ1v) is 10.9. The van der Waals surface area contributed by atoms with Gasteiger partial charge in [-0.3, -0.25) is 0 Å². The summed E-state index contributed by atoms with van der Waals surface area (Å²) in [5, 5.41) is 15.5. The molecule has 1 atom stereocenters. The first kappa shape index (κ1) is 23.2. The highest BCUT2D eigenvalue weighted by atomic mass is 32.2. The maximum atomic E-state index is 14.6. The maximum absolute atomic E-state index is 14.6. The van der Waals surface area contributed by atoms with Crippen LogP contribution in [0.2, 0.25) is 0 Å². The average Bonchev–Trinajstić information content (AvgIpc) is 3.23. The van der Waals surface area contributed by atoms with Crippen molar-refractivity contribution in [2.24, 2.45) is 0 Å². The molecule has 1 N–H and O–H groups in total. The second kappa shape index (κ2) is 10.3. The van der Waals surface area contributed by atoms with Crippen molar-refractivity contribution >= 4 is 28.3 Å². The number of nitrogens with zero attached hydrogens (tertiary/aromatic N) is 4. The van der Waals surface area contributed by atoms with Crippen molar-refractivity contribution in [1.29, 1.82) is 0 Å². The Kier molecular flexibility index (Phi) is 7.69. The molecule has 31 heavy (non-hydrogen) atoms. The Morgan fingerprint density at radius 3 is 2.61 bits per heavy atom. The molecule has 164 valence electrons. The number of rotatable bonds is 8. The predicted octanol–water partition coefficient (Wildman–Crippen LogP) is 4.12. The van der Waals surface area contributed by atoms with Gasteiger partial charge in [0, 0.05) is 23.9 Å². The Balaban J connectivity index is 1.82. The minimum Gasteiger partial charge on any atom is -0.381 e. The predicted molar refractivity (Wildman–Crippen MR) is 118 cm³/mol.